The van der Waals surface area contributed by atoms with Gasteiger partial charge in [0.25, 0.3) is 20.0 Å². The molecule has 0 atom stereocenters. The average Bonchev–Trinajstić information content (AvgIpc) is 2.85. The van der Waals surface area contributed by atoms with Crippen molar-refractivity contribution < 1.29 is 30.0 Å². The van der Waals surface area contributed by atoms with Crippen LogP contribution in [-0.2, 0) is 25.5 Å². The Morgan fingerprint density at radius 3 is 1.85 bits per heavy atom. The van der Waals surface area contributed by atoms with Gasteiger partial charge in [-0.2, -0.15) is 13.2 Å². The molecule has 2 rings (SSSR count). The molecule has 0 spiro atoms. The van der Waals surface area contributed by atoms with Gasteiger partial charge in [-0.05, 0) is 51.5 Å². The maximum absolute atomic E-state index is 13.1. The number of aryl methyl sites for hydroxylation is 2. The summed E-state index contributed by atoms with van der Waals surface area (Å²) in [5.74, 6) is 0. The van der Waals surface area contributed by atoms with E-state index in [1.54, 1.807) is 18.0 Å². The van der Waals surface area contributed by atoms with Crippen molar-refractivity contribution in [1.82, 2.24) is 4.13 Å². The minimum absolute atomic E-state index is 0.138. The molecule has 0 aliphatic carbocycles. The minimum Gasteiger partial charge on any atom is -0.206 e. The van der Waals surface area contributed by atoms with Gasteiger partial charge in [0.15, 0.2) is 0 Å². The summed E-state index contributed by atoms with van der Waals surface area (Å²) in [6, 6.07) is 5.30. The van der Waals surface area contributed by atoms with Gasteiger partial charge in [-0.25, -0.2) is 16.8 Å². The number of thiophene rings is 1. The summed E-state index contributed by atoms with van der Waals surface area (Å²) in [5, 5.41) is 0. The monoisotopic (exact) mass is 441 g/mol. The van der Waals surface area contributed by atoms with Crippen LogP contribution in [0.4, 0.5) is 13.2 Å². The van der Waals surface area contributed by atoms with E-state index in [1.165, 1.54) is 17.4 Å². The number of benzene rings is 1. The number of nitrogens with one attached hydrogen (secondary N) is 1. The summed E-state index contributed by atoms with van der Waals surface area (Å²) in [4.78, 5) is 0.530. The van der Waals surface area contributed by atoms with Gasteiger partial charge in [0, 0.05) is 9.75 Å². The first kappa shape index (κ1) is 21.9. The van der Waals surface area contributed by atoms with E-state index in [2.05, 4.69) is 0 Å². The summed E-state index contributed by atoms with van der Waals surface area (Å²) in [7, 11) is -8.83. The Morgan fingerprint density at radius 2 is 1.44 bits per heavy atom. The summed E-state index contributed by atoms with van der Waals surface area (Å²) in [6.45, 7) is 5.18. The molecular weight excluding hydrogens is 423 g/mol. The Kier molecular flexibility index (Phi) is 5.56. The summed E-state index contributed by atoms with van der Waals surface area (Å²) >= 11 is 1.20. The van der Waals surface area contributed by atoms with Crippen molar-refractivity contribution in [2.45, 2.75) is 49.1 Å². The SMILES string of the molecule is Cc1cc(S(=O)(=O)NS(=O)(=O)c2ccc(C(C)(C)C(F)(F)F)cc2)c(C)s1. The van der Waals surface area contributed by atoms with Crippen LogP contribution in [0.2, 0.25) is 0 Å². The molecule has 5 nitrogen and oxygen atoms in total. The lowest BCUT2D eigenvalue weighted by atomic mass is 9.84. The highest BCUT2D eigenvalue weighted by Crippen LogP contribution is 2.40. The highest BCUT2D eigenvalue weighted by atomic mass is 32.3. The molecule has 2 aromatic rings. The predicted octanol–water partition coefficient (Wildman–Crippen LogP) is 3.87. The van der Waals surface area contributed by atoms with Crippen LogP contribution in [-0.4, -0.2) is 23.0 Å². The molecule has 0 aliphatic rings. The fourth-order valence-electron chi connectivity index (χ4n) is 2.33. The van der Waals surface area contributed by atoms with Crippen LogP contribution in [0, 0.1) is 13.8 Å². The molecule has 0 aliphatic heterocycles. The lowest BCUT2D eigenvalue weighted by Gasteiger charge is -2.28. The van der Waals surface area contributed by atoms with Gasteiger partial charge in [0.05, 0.1) is 15.2 Å². The molecule has 1 aromatic carbocycles. The lowest BCUT2D eigenvalue weighted by molar-refractivity contribution is -0.180. The predicted molar refractivity (Wildman–Crippen MR) is 96.8 cm³/mol. The normalized spacial score (nSPS) is 13.7. The minimum atomic E-state index is -4.52. The molecule has 0 bridgehead atoms. The number of alkyl halides is 3. The molecule has 1 N–H and O–H groups in total. The zero-order valence-electron chi connectivity index (χ0n) is 14.9. The van der Waals surface area contributed by atoms with Gasteiger partial charge < -0.3 is 0 Å². The molecule has 1 heterocycles. The van der Waals surface area contributed by atoms with Crippen LogP contribution in [0.3, 0.4) is 0 Å². The van der Waals surface area contributed by atoms with E-state index < -0.39 is 36.5 Å². The van der Waals surface area contributed by atoms with Crippen molar-refractivity contribution in [3.8, 4) is 0 Å². The number of hydrogen-bond donors (Lipinski definition) is 1. The molecule has 0 saturated heterocycles. The van der Waals surface area contributed by atoms with E-state index in [0.717, 1.165) is 38.1 Å². The van der Waals surface area contributed by atoms with Crippen LogP contribution in [0.15, 0.2) is 40.1 Å². The van der Waals surface area contributed by atoms with E-state index in [9.17, 15) is 30.0 Å². The van der Waals surface area contributed by atoms with Crippen molar-refractivity contribution in [3.63, 3.8) is 0 Å². The topological polar surface area (TPSA) is 80.3 Å². The standard InChI is InChI=1S/C16H18F3NO4S3/c1-10-9-14(11(2)25-10)27(23,24)20-26(21,22)13-7-5-12(6-8-13)15(3,4)16(17,18)19/h5-9,20H,1-4H3. The van der Waals surface area contributed by atoms with Gasteiger partial charge >= 0.3 is 6.18 Å². The molecule has 27 heavy (non-hydrogen) atoms. The van der Waals surface area contributed by atoms with Crippen molar-refractivity contribution >= 4 is 31.4 Å². The van der Waals surface area contributed by atoms with E-state index in [-0.39, 0.29) is 10.5 Å². The molecule has 1 aromatic heterocycles. The van der Waals surface area contributed by atoms with Gasteiger partial charge in [-0.3, -0.25) is 0 Å². The Balaban J connectivity index is 2.36. The van der Waals surface area contributed by atoms with Gasteiger partial charge in [0.2, 0.25) is 0 Å². The van der Waals surface area contributed by atoms with Crippen LogP contribution in [0.25, 0.3) is 0 Å². The molecular formula is C16H18F3NO4S3. The average molecular weight is 442 g/mol. The van der Waals surface area contributed by atoms with Crippen LogP contribution in [0.5, 0.6) is 0 Å². The van der Waals surface area contributed by atoms with Crippen LogP contribution < -0.4 is 4.13 Å². The van der Waals surface area contributed by atoms with E-state index in [4.69, 9.17) is 0 Å². The van der Waals surface area contributed by atoms with Crippen molar-refractivity contribution in [3.05, 3.63) is 45.6 Å². The summed E-state index contributed by atoms with van der Waals surface area (Å²) < 4.78 is 90.5. The van der Waals surface area contributed by atoms with Gasteiger partial charge in [-0.15, -0.1) is 15.5 Å². The third kappa shape index (κ3) is 4.36. The molecule has 11 heteroatoms. The van der Waals surface area contributed by atoms with E-state index in [0.29, 0.717) is 9.75 Å². The van der Waals surface area contributed by atoms with Gasteiger partial charge in [-0.1, -0.05) is 12.1 Å². The molecule has 0 amide bonds. The molecule has 0 fully saturated rings. The van der Waals surface area contributed by atoms with Crippen molar-refractivity contribution in [2.24, 2.45) is 0 Å². The number of halogens is 3. The maximum atomic E-state index is 13.1. The second-order valence-corrected chi connectivity index (χ2v) is 11.6. The zero-order valence-corrected chi connectivity index (χ0v) is 17.3. The Bertz CT molecular complexity index is 1050. The highest BCUT2D eigenvalue weighted by molar-refractivity contribution is 8.04. The smallest absolute Gasteiger partial charge is 0.206 e. The third-order valence-corrected chi connectivity index (χ3v) is 8.85. The Labute approximate surface area is 160 Å². The molecule has 0 unspecified atom stereocenters. The molecule has 150 valence electrons. The largest absolute Gasteiger partial charge is 0.397 e. The zero-order chi connectivity index (χ0) is 20.8. The number of rotatable bonds is 5. The Morgan fingerprint density at radius 1 is 0.926 bits per heavy atom. The quantitative estimate of drug-likeness (QED) is 0.764. The Hall–Kier alpha value is -1.43. The third-order valence-electron chi connectivity index (χ3n) is 4.10. The lowest BCUT2D eigenvalue weighted by Crippen LogP contribution is -2.36. The fraction of sp³-hybridized carbons (Fsp3) is 0.375. The first-order valence-corrected chi connectivity index (χ1v) is 11.4. The van der Waals surface area contributed by atoms with E-state index >= 15 is 0 Å². The first-order chi connectivity index (χ1) is 12.1. The fourth-order valence-corrected chi connectivity index (χ4v) is 6.78. The van der Waals surface area contributed by atoms with Crippen LogP contribution >= 0.6 is 11.3 Å². The second kappa shape index (κ2) is 6.87. The maximum Gasteiger partial charge on any atom is 0.397 e. The molecule has 0 saturated carbocycles. The first-order valence-electron chi connectivity index (χ1n) is 7.61. The van der Waals surface area contributed by atoms with E-state index in [1.807, 2.05) is 0 Å². The van der Waals surface area contributed by atoms with Crippen molar-refractivity contribution in [1.29, 1.82) is 0 Å². The number of hydrogen-bond acceptors (Lipinski definition) is 5. The van der Waals surface area contributed by atoms with Gasteiger partial charge in [0.1, 0.15) is 0 Å². The second-order valence-electron chi connectivity index (χ2n) is 6.51. The summed E-state index contributed by atoms with van der Waals surface area (Å²) in [6.07, 6.45) is -4.52. The highest BCUT2D eigenvalue weighted by Gasteiger charge is 2.48. The van der Waals surface area contributed by atoms with Crippen LogP contribution in [0.1, 0.15) is 29.2 Å². The summed E-state index contributed by atoms with van der Waals surface area (Å²) in [5.41, 5.74) is -2.32. The number of sulfonamides is 2. The van der Waals surface area contributed by atoms with Crippen molar-refractivity contribution in [2.75, 3.05) is 0 Å². The molecule has 0 radical (unpaired) electrons.